The number of aliphatic carboxylic acids is 1. The number of pyridine rings is 1. The average molecular weight is 403 g/mol. The third-order valence-corrected chi connectivity index (χ3v) is 6.06. The van der Waals surface area contributed by atoms with Crippen LogP contribution in [0.5, 0.6) is 11.6 Å². The molecule has 1 saturated heterocycles. The maximum absolute atomic E-state index is 10.8. The fourth-order valence-electron chi connectivity index (χ4n) is 3.94. The number of ether oxygens (including phenoxy) is 2. The predicted octanol–water partition coefficient (Wildman–Crippen LogP) is 3.51. The highest BCUT2D eigenvalue weighted by molar-refractivity contribution is 6.31. The Morgan fingerprint density at radius 1 is 1.32 bits per heavy atom. The minimum absolute atomic E-state index is 0.0637. The van der Waals surface area contributed by atoms with E-state index < -0.39 is 5.97 Å². The van der Waals surface area contributed by atoms with Crippen molar-refractivity contribution in [1.82, 2.24) is 9.88 Å². The normalized spacial score (nSPS) is 17.9. The number of aromatic nitrogens is 1. The molecule has 3 heterocycles. The third kappa shape index (κ3) is 3.93. The zero-order chi connectivity index (χ0) is 19.6. The predicted molar refractivity (Wildman–Crippen MR) is 105 cm³/mol. The molecule has 2 aliphatic rings. The highest BCUT2D eigenvalue weighted by Gasteiger charge is 2.44. The van der Waals surface area contributed by atoms with Crippen LogP contribution in [0.2, 0.25) is 5.02 Å². The van der Waals surface area contributed by atoms with Crippen LogP contribution in [0.1, 0.15) is 30.4 Å². The van der Waals surface area contributed by atoms with E-state index in [9.17, 15) is 4.79 Å². The quantitative estimate of drug-likeness (QED) is 0.797. The number of carbonyl (C=O) groups is 1. The number of nitrogens with zero attached hydrogens (tertiary/aromatic N) is 2. The van der Waals surface area contributed by atoms with E-state index >= 15 is 0 Å². The topological polar surface area (TPSA) is 71.9 Å². The molecule has 1 aromatic carbocycles. The second-order valence-corrected chi connectivity index (χ2v) is 7.87. The molecule has 2 aromatic rings. The van der Waals surface area contributed by atoms with Gasteiger partial charge in [-0.3, -0.25) is 4.79 Å². The number of hydrogen-bond donors (Lipinski definition) is 1. The second-order valence-electron chi connectivity index (χ2n) is 7.46. The lowest BCUT2D eigenvalue weighted by Gasteiger charge is -2.38. The fourth-order valence-corrected chi connectivity index (χ4v) is 4.13. The summed E-state index contributed by atoms with van der Waals surface area (Å²) in [5.41, 5.74) is 1.97. The molecule has 0 atom stereocenters. The molecule has 1 spiro atoms. The number of piperidine rings is 1. The number of halogens is 1. The molecule has 0 aliphatic carbocycles. The lowest BCUT2D eigenvalue weighted by molar-refractivity contribution is -0.137. The summed E-state index contributed by atoms with van der Waals surface area (Å²) in [5.74, 6) is 0.639. The maximum atomic E-state index is 10.8. The Morgan fingerprint density at radius 2 is 2.11 bits per heavy atom. The molecule has 0 unspecified atom stereocenters. The van der Waals surface area contributed by atoms with Crippen LogP contribution in [0, 0.1) is 0 Å². The van der Waals surface area contributed by atoms with Crippen LogP contribution in [-0.2, 0) is 16.8 Å². The van der Waals surface area contributed by atoms with Crippen molar-refractivity contribution >= 4 is 17.6 Å². The number of hydrogen-bond acceptors (Lipinski definition) is 5. The van der Waals surface area contributed by atoms with Crippen molar-refractivity contribution in [2.45, 2.75) is 31.3 Å². The first kappa shape index (κ1) is 19.0. The SMILES string of the molecule is O=C(O)CCN1CCC2(CC1)COc1ncc(OCc3ccccc3Cl)cc12. The van der Waals surface area contributed by atoms with Crippen molar-refractivity contribution in [2.24, 2.45) is 0 Å². The number of carboxylic acids is 1. The van der Waals surface area contributed by atoms with E-state index in [0.717, 1.165) is 37.1 Å². The number of fused-ring (bicyclic) bond motifs is 2. The van der Waals surface area contributed by atoms with Gasteiger partial charge in [0.15, 0.2) is 0 Å². The first-order chi connectivity index (χ1) is 13.6. The van der Waals surface area contributed by atoms with Gasteiger partial charge in [-0.15, -0.1) is 0 Å². The van der Waals surface area contributed by atoms with Gasteiger partial charge in [0, 0.05) is 28.1 Å². The Hall–Kier alpha value is -2.31. The maximum Gasteiger partial charge on any atom is 0.304 e. The number of rotatable bonds is 6. The van der Waals surface area contributed by atoms with E-state index in [-0.39, 0.29) is 11.8 Å². The van der Waals surface area contributed by atoms with E-state index in [1.54, 1.807) is 6.20 Å². The number of carboxylic acid groups (broad SMARTS) is 1. The largest absolute Gasteiger partial charge is 0.487 e. The van der Waals surface area contributed by atoms with Gasteiger partial charge in [0.2, 0.25) is 5.88 Å². The average Bonchev–Trinajstić information content (AvgIpc) is 3.05. The van der Waals surface area contributed by atoms with Crippen molar-refractivity contribution in [2.75, 3.05) is 26.2 Å². The zero-order valence-corrected chi connectivity index (χ0v) is 16.3. The summed E-state index contributed by atoms with van der Waals surface area (Å²) in [6.07, 6.45) is 3.73. The van der Waals surface area contributed by atoms with Gasteiger partial charge >= 0.3 is 5.97 Å². The molecule has 1 fully saturated rings. The van der Waals surface area contributed by atoms with Crippen LogP contribution in [0.4, 0.5) is 0 Å². The van der Waals surface area contributed by atoms with Crippen LogP contribution in [-0.4, -0.2) is 47.2 Å². The summed E-state index contributed by atoms with van der Waals surface area (Å²) in [6, 6.07) is 9.67. The first-order valence-electron chi connectivity index (χ1n) is 9.49. The molecule has 4 rings (SSSR count). The number of likely N-dealkylation sites (tertiary alicyclic amines) is 1. The van der Waals surface area contributed by atoms with Crippen LogP contribution >= 0.6 is 11.6 Å². The van der Waals surface area contributed by atoms with Gasteiger partial charge in [0.25, 0.3) is 0 Å². The monoisotopic (exact) mass is 402 g/mol. The molecule has 1 N–H and O–H groups in total. The Labute approximate surface area is 169 Å². The van der Waals surface area contributed by atoms with Crippen LogP contribution < -0.4 is 9.47 Å². The van der Waals surface area contributed by atoms with E-state index in [2.05, 4.69) is 9.88 Å². The van der Waals surface area contributed by atoms with Crippen molar-refractivity contribution in [3.05, 3.63) is 52.7 Å². The fraction of sp³-hybridized carbons (Fsp3) is 0.429. The van der Waals surface area contributed by atoms with Crippen molar-refractivity contribution in [3.63, 3.8) is 0 Å². The third-order valence-electron chi connectivity index (χ3n) is 5.69. The van der Waals surface area contributed by atoms with Crippen LogP contribution in [0.25, 0.3) is 0 Å². The summed E-state index contributed by atoms with van der Waals surface area (Å²) < 4.78 is 11.8. The molecule has 2 aliphatic heterocycles. The molecule has 0 radical (unpaired) electrons. The van der Waals surface area contributed by atoms with Gasteiger partial charge < -0.3 is 19.5 Å². The summed E-state index contributed by atoms with van der Waals surface area (Å²) in [6.45, 7) is 3.33. The molecule has 1 aromatic heterocycles. The molecule has 0 amide bonds. The van der Waals surface area contributed by atoms with E-state index in [1.807, 2.05) is 30.3 Å². The Bertz CT molecular complexity index is 865. The summed E-state index contributed by atoms with van der Waals surface area (Å²) in [4.78, 5) is 17.5. The molecule has 148 valence electrons. The van der Waals surface area contributed by atoms with Gasteiger partial charge in [-0.05, 0) is 38.1 Å². The van der Waals surface area contributed by atoms with E-state index in [4.69, 9.17) is 26.2 Å². The Balaban J connectivity index is 1.44. The standard InChI is InChI=1S/C21H23ClN2O4/c22-18-4-2-1-3-15(18)13-27-16-11-17-20(23-12-16)28-14-21(17)6-9-24(10-7-21)8-5-19(25)26/h1-4,11-12H,5-10,13-14H2,(H,25,26). The molecule has 6 nitrogen and oxygen atoms in total. The van der Waals surface area contributed by atoms with Crippen molar-refractivity contribution < 1.29 is 19.4 Å². The van der Waals surface area contributed by atoms with E-state index in [1.165, 1.54) is 0 Å². The van der Waals surface area contributed by atoms with E-state index in [0.29, 0.717) is 36.4 Å². The smallest absolute Gasteiger partial charge is 0.304 e. The highest BCUT2D eigenvalue weighted by Crippen LogP contribution is 2.45. The van der Waals surface area contributed by atoms with Gasteiger partial charge in [0.1, 0.15) is 12.4 Å². The Morgan fingerprint density at radius 3 is 2.86 bits per heavy atom. The molecular formula is C21H23ClN2O4. The van der Waals surface area contributed by atoms with Gasteiger partial charge in [-0.2, -0.15) is 0 Å². The minimum atomic E-state index is -0.751. The minimum Gasteiger partial charge on any atom is -0.487 e. The molecule has 28 heavy (non-hydrogen) atoms. The molecule has 7 heteroatoms. The second kappa shape index (κ2) is 7.97. The Kier molecular flexibility index (Phi) is 5.42. The number of benzene rings is 1. The summed E-state index contributed by atoms with van der Waals surface area (Å²) in [7, 11) is 0. The molecule has 0 saturated carbocycles. The lowest BCUT2D eigenvalue weighted by Crippen LogP contribution is -2.44. The molecule has 0 bridgehead atoms. The van der Waals surface area contributed by atoms with Gasteiger partial charge in [-0.1, -0.05) is 29.8 Å². The first-order valence-corrected chi connectivity index (χ1v) is 9.87. The van der Waals surface area contributed by atoms with Crippen molar-refractivity contribution in [1.29, 1.82) is 0 Å². The van der Waals surface area contributed by atoms with Crippen LogP contribution in [0.3, 0.4) is 0 Å². The van der Waals surface area contributed by atoms with Gasteiger partial charge in [0.05, 0.1) is 19.2 Å². The van der Waals surface area contributed by atoms with Crippen molar-refractivity contribution in [3.8, 4) is 11.6 Å². The van der Waals surface area contributed by atoms with Crippen LogP contribution in [0.15, 0.2) is 36.5 Å². The summed E-state index contributed by atoms with van der Waals surface area (Å²) in [5, 5.41) is 9.57. The van der Waals surface area contributed by atoms with Gasteiger partial charge in [-0.25, -0.2) is 4.98 Å². The zero-order valence-electron chi connectivity index (χ0n) is 15.6. The molecular weight excluding hydrogens is 380 g/mol. The summed E-state index contributed by atoms with van der Waals surface area (Å²) >= 11 is 6.20. The lowest BCUT2D eigenvalue weighted by atomic mass is 9.75. The highest BCUT2D eigenvalue weighted by atomic mass is 35.5.